The van der Waals surface area contributed by atoms with E-state index >= 15 is 0 Å². The maximum absolute atomic E-state index is 13.4. The van der Waals surface area contributed by atoms with Gasteiger partial charge in [-0.2, -0.15) is 12.8 Å². The van der Waals surface area contributed by atoms with Crippen molar-refractivity contribution in [1.29, 1.82) is 0 Å². The Hall–Kier alpha value is -2.07. The number of nitrogens with one attached hydrogen (secondary N) is 1. The Morgan fingerprint density at radius 2 is 2.20 bits per heavy atom. The van der Waals surface area contributed by atoms with Crippen LogP contribution in [0, 0.1) is 12.7 Å². The first-order valence-electron chi connectivity index (χ1n) is 5.16. The first-order valence-corrected chi connectivity index (χ1v) is 7.41. The highest BCUT2D eigenvalue weighted by Crippen LogP contribution is 2.27. The van der Waals surface area contributed by atoms with Crippen LogP contribution in [0.4, 0.5) is 9.39 Å². The zero-order valence-electron chi connectivity index (χ0n) is 9.99. The summed E-state index contributed by atoms with van der Waals surface area (Å²) in [6.07, 6.45) is 1.12. The van der Waals surface area contributed by atoms with Crippen molar-refractivity contribution < 1.29 is 22.7 Å². The number of sulfonamides is 1. The third kappa shape index (κ3) is 2.60. The van der Waals surface area contributed by atoms with Crippen LogP contribution >= 0.6 is 11.5 Å². The molecule has 0 fully saturated rings. The van der Waals surface area contributed by atoms with Gasteiger partial charge >= 0.3 is 5.97 Å². The Balaban J connectivity index is 2.45. The fraction of sp³-hybridized carbons (Fsp3) is 0.100. The normalized spacial score (nSPS) is 11.3. The van der Waals surface area contributed by atoms with E-state index < -0.39 is 26.8 Å². The highest BCUT2D eigenvalue weighted by molar-refractivity contribution is 7.92. The van der Waals surface area contributed by atoms with Gasteiger partial charge in [-0.15, -0.1) is 0 Å². The first-order chi connectivity index (χ1) is 9.33. The quantitative estimate of drug-likeness (QED) is 0.884. The van der Waals surface area contributed by atoms with Crippen molar-refractivity contribution in [3.05, 3.63) is 35.4 Å². The molecule has 2 rings (SSSR count). The Morgan fingerprint density at radius 3 is 2.80 bits per heavy atom. The molecule has 0 amide bonds. The van der Waals surface area contributed by atoms with E-state index in [0.29, 0.717) is 11.5 Å². The molecule has 0 spiro atoms. The minimum Gasteiger partial charge on any atom is -0.478 e. The van der Waals surface area contributed by atoms with Gasteiger partial charge in [0.2, 0.25) is 5.03 Å². The largest absolute Gasteiger partial charge is 0.478 e. The summed E-state index contributed by atoms with van der Waals surface area (Å²) < 4.78 is 43.1. The SMILES string of the molecule is Cc1nsc(NS(=O)(=O)c2ncccc2F)c1C(=O)O. The number of halogens is 1. The molecule has 2 heterocycles. The van der Waals surface area contributed by atoms with E-state index in [4.69, 9.17) is 5.11 Å². The second-order valence-electron chi connectivity index (χ2n) is 3.67. The number of aromatic nitrogens is 2. The van der Waals surface area contributed by atoms with Gasteiger partial charge in [-0.3, -0.25) is 4.72 Å². The molecular weight excluding hydrogens is 309 g/mol. The Kier molecular flexibility index (Phi) is 3.68. The number of carboxylic acids is 1. The van der Waals surface area contributed by atoms with Gasteiger partial charge in [0, 0.05) is 6.20 Å². The number of pyridine rings is 1. The summed E-state index contributed by atoms with van der Waals surface area (Å²) in [5.41, 5.74) is -0.100. The maximum atomic E-state index is 13.4. The second-order valence-corrected chi connectivity index (χ2v) is 6.04. The summed E-state index contributed by atoms with van der Waals surface area (Å²) >= 11 is 0.661. The van der Waals surface area contributed by atoms with Crippen LogP contribution in [0.25, 0.3) is 0 Å². The second kappa shape index (κ2) is 5.13. The number of aromatic carboxylic acids is 1. The highest BCUT2D eigenvalue weighted by atomic mass is 32.2. The van der Waals surface area contributed by atoms with E-state index in [0.717, 1.165) is 12.3 Å². The summed E-state index contributed by atoms with van der Waals surface area (Å²) in [4.78, 5) is 14.5. The number of aryl methyl sites for hydroxylation is 1. The Bertz CT molecular complexity index is 773. The number of hydrogen-bond acceptors (Lipinski definition) is 6. The predicted molar refractivity (Wildman–Crippen MR) is 68.8 cm³/mol. The molecule has 20 heavy (non-hydrogen) atoms. The summed E-state index contributed by atoms with van der Waals surface area (Å²) in [6, 6.07) is 2.19. The molecule has 10 heteroatoms. The molecule has 2 aromatic rings. The molecule has 0 aromatic carbocycles. The van der Waals surface area contributed by atoms with E-state index in [-0.39, 0.29) is 16.3 Å². The van der Waals surface area contributed by atoms with Crippen molar-refractivity contribution in [1.82, 2.24) is 9.36 Å². The van der Waals surface area contributed by atoms with Gasteiger partial charge in [0.25, 0.3) is 10.0 Å². The standard InChI is InChI=1S/C10H8FN3O4S2/c1-5-7(10(15)16)8(19-13-5)14-20(17,18)9-6(11)3-2-4-12-9/h2-4,14H,1H3,(H,15,16). The zero-order valence-corrected chi connectivity index (χ0v) is 11.6. The van der Waals surface area contributed by atoms with Crippen LogP contribution in [0.2, 0.25) is 0 Å². The Morgan fingerprint density at radius 1 is 1.50 bits per heavy atom. The molecule has 0 aliphatic carbocycles. The van der Waals surface area contributed by atoms with Crippen molar-refractivity contribution in [2.75, 3.05) is 4.72 Å². The fourth-order valence-corrected chi connectivity index (χ4v) is 3.52. The number of anilines is 1. The molecular formula is C10H8FN3O4S2. The van der Waals surface area contributed by atoms with Crippen LogP contribution < -0.4 is 4.72 Å². The predicted octanol–water partition coefficient (Wildman–Crippen LogP) is 1.48. The molecule has 0 saturated carbocycles. The summed E-state index contributed by atoms with van der Waals surface area (Å²) in [5, 5.41) is 8.00. The number of carbonyl (C=O) groups is 1. The van der Waals surface area contributed by atoms with Crippen molar-refractivity contribution in [2.24, 2.45) is 0 Å². The molecule has 0 atom stereocenters. The van der Waals surface area contributed by atoms with E-state index in [2.05, 4.69) is 9.36 Å². The van der Waals surface area contributed by atoms with E-state index in [1.165, 1.54) is 13.0 Å². The monoisotopic (exact) mass is 317 g/mol. The van der Waals surface area contributed by atoms with Gasteiger partial charge in [-0.05, 0) is 30.6 Å². The van der Waals surface area contributed by atoms with Crippen LogP contribution in [-0.4, -0.2) is 28.9 Å². The molecule has 0 aliphatic rings. The molecule has 106 valence electrons. The van der Waals surface area contributed by atoms with Crippen LogP contribution in [0.15, 0.2) is 23.4 Å². The first kappa shape index (κ1) is 14.3. The minimum atomic E-state index is -4.32. The van der Waals surface area contributed by atoms with Crippen molar-refractivity contribution in [3.8, 4) is 0 Å². The lowest BCUT2D eigenvalue weighted by atomic mass is 10.2. The number of hydrogen-bond donors (Lipinski definition) is 2. The molecule has 7 nitrogen and oxygen atoms in total. The molecule has 0 radical (unpaired) electrons. The van der Waals surface area contributed by atoms with E-state index in [1.54, 1.807) is 0 Å². The molecule has 0 bridgehead atoms. The number of rotatable bonds is 4. The third-order valence-electron chi connectivity index (χ3n) is 2.28. The van der Waals surface area contributed by atoms with Crippen LogP contribution in [0.3, 0.4) is 0 Å². The van der Waals surface area contributed by atoms with Crippen molar-refractivity contribution in [2.45, 2.75) is 11.9 Å². The number of carboxylic acid groups (broad SMARTS) is 1. The van der Waals surface area contributed by atoms with Gasteiger partial charge < -0.3 is 5.11 Å². The summed E-state index contributed by atoms with van der Waals surface area (Å²) in [5.74, 6) is -2.35. The summed E-state index contributed by atoms with van der Waals surface area (Å²) in [6.45, 7) is 1.43. The average Bonchev–Trinajstić information content (AvgIpc) is 2.70. The molecule has 2 aromatic heterocycles. The molecule has 0 unspecified atom stereocenters. The van der Waals surface area contributed by atoms with Crippen molar-refractivity contribution >= 4 is 32.5 Å². The van der Waals surface area contributed by atoms with Gasteiger partial charge in [0.15, 0.2) is 5.82 Å². The lowest BCUT2D eigenvalue weighted by Crippen LogP contribution is -2.17. The average molecular weight is 317 g/mol. The van der Waals surface area contributed by atoms with Gasteiger partial charge in [-0.1, -0.05) is 0 Å². The smallest absolute Gasteiger partial charge is 0.340 e. The van der Waals surface area contributed by atoms with Crippen LogP contribution in [0.5, 0.6) is 0 Å². The lowest BCUT2D eigenvalue weighted by Gasteiger charge is -2.06. The van der Waals surface area contributed by atoms with Gasteiger partial charge in [-0.25, -0.2) is 14.2 Å². The fourth-order valence-electron chi connectivity index (χ4n) is 1.43. The number of nitrogens with zero attached hydrogens (tertiary/aromatic N) is 2. The van der Waals surface area contributed by atoms with Crippen LogP contribution in [-0.2, 0) is 10.0 Å². The lowest BCUT2D eigenvalue weighted by molar-refractivity contribution is 0.0697. The minimum absolute atomic E-state index is 0.168. The molecule has 0 saturated heterocycles. The van der Waals surface area contributed by atoms with E-state index in [9.17, 15) is 17.6 Å². The van der Waals surface area contributed by atoms with Crippen molar-refractivity contribution in [3.63, 3.8) is 0 Å². The molecule has 0 aliphatic heterocycles. The zero-order chi connectivity index (χ0) is 14.9. The maximum Gasteiger partial charge on any atom is 0.340 e. The molecule has 2 N–H and O–H groups in total. The van der Waals surface area contributed by atoms with Gasteiger partial charge in [0.05, 0.1) is 5.69 Å². The Labute approximate surface area is 117 Å². The van der Waals surface area contributed by atoms with E-state index in [1.807, 2.05) is 4.72 Å². The topological polar surface area (TPSA) is 109 Å². The summed E-state index contributed by atoms with van der Waals surface area (Å²) in [7, 11) is -4.32. The highest BCUT2D eigenvalue weighted by Gasteiger charge is 2.25. The van der Waals surface area contributed by atoms with Gasteiger partial charge in [0.1, 0.15) is 10.6 Å². The third-order valence-corrected chi connectivity index (χ3v) is 4.55. The van der Waals surface area contributed by atoms with Crippen LogP contribution in [0.1, 0.15) is 16.1 Å².